The summed E-state index contributed by atoms with van der Waals surface area (Å²) in [4.78, 5) is 11.6. The third-order valence-corrected chi connectivity index (χ3v) is 3.01. The van der Waals surface area contributed by atoms with Gasteiger partial charge in [0.15, 0.2) is 0 Å². The average molecular weight is 355 g/mol. The van der Waals surface area contributed by atoms with Crippen LogP contribution < -0.4 is 15.8 Å². The SMILES string of the molecule is CC(C)Oc1ccc(CNC(=O)C(C)CN)c(C(F)(F)F)c1.Cl. The van der Waals surface area contributed by atoms with E-state index in [-0.39, 0.29) is 48.8 Å². The standard InChI is InChI=1S/C15H21F3N2O2.ClH/c1-9(2)22-12-5-4-11(13(6-12)15(16,17)18)8-20-14(21)10(3)7-19;/h4-6,9-10H,7-8,19H2,1-3H3,(H,20,21);1H. The zero-order valence-corrected chi connectivity index (χ0v) is 14.1. The van der Waals surface area contributed by atoms with Crippen LogP contribution in [0.3, 0.4) is 0 Å². The number of halogens is 4. The highest BCUT2D eigenvalue weighted by Gasteiger charge is 2.34. The number of carbonyl (C=O) groups excluding carboxylic acids is 1. The first kappa shape index (κ1) is 21.5. The number of rotatable bonds is 6. The molecule has 1 aromatic carbocycles. The van der Waals surface area contributed by atoms with Crippen LogP contribution in [0.4, 0.5) is 13.2 Å². The number of ether oxygens (including phenoxy) is 1. The molecule has 1 amide bonds. The lowest BCUT2D eigenvalue weighted by molar-refractivity contribution is -0.138. The maximum Gasteiger partial charge on any atom is 0.416 e. The predicted octanol–water partition coefficient (Wildman–Crippen LogP) is 3.13. The van der Waals surface area contributed by atoms with Crippen LogP contribution in [0.1, 0.15) is 31.9 Å². The van der Waals surface area contributed by atoms with E-state index in [1.165, 1.54) is 12.1 Å². The molecule has 1 unspecified atom stereocenters. The minimum absolute atomic E-state index is 0. The lowest BCUT2D eigenvalue weighted by Crippen LogP contribution is -2.33. The fourth-order valence-corrected chi connectivity index (χ4v) is 1.78. The Morgan fingerprint density at radius 1 is 1.30 bits per heavy atom. The first-order valence-corrected chi connectivity index (χ1v) is 6.99. The highest BCUT2D eigenvalue weighted by atomic mass is 35.5. The molecule has 0 bridgehead atoms. The Kier molecular flexibility index (Phi) is 8.41. The van der Waals surface area contributed by atoms with Crippen molar-refractivity contribution in [2.24, 2.45) is 11.7 Å². The Bertz CT molecular complexity index is 522. The molecule has 23 heavy (non-hydrogen) atoms. The topological polar surface area (TPSA) is 64.3 Å². The highest BCUT2D eigenvalue weighted by Crippen LogP contribution is 2.34. The summed E-state index contributed by atoms with van der Waals surface area (Å²) in [5.41, 5.74) is 4.52. The summed E-state index contributed by atoms with van der Waals surface area (Å²) in [6, 6.07) is 3.73. The molecule has 8 heteroatoms. The summed E-state index contributed by atoms with van der Waals surface area (Å²) in [5, 5.41) is 2.46. The number of nitrogens with two attached hydrogens (primary N) is 1. The monoisotopic (exact) mass is 354 g/mol. The van der Waals surface area contributed by atoms with Gasteiger partial charge in [-0.2, -0.15) is 13.2 Å². The molecule has 0 saturated heterocycles. The van der Waals surface area contributed by atoms with Crippen molar-refractivity contribution in [2.45, 2.75) is 39.6 Å². The van der Waals surface area contributed by atoms with Crippen molar-refractivity contribution in [3.63, 3.8) is 0 Å². The van der Waals surface area contributed by atoms with Gasteiger partial charge in [-0.25, -0.2) is 0 Å². The summed E-state index contributed by atoms with van der Waals surface area (Å²) in [7, 11) is 0. The molecule has 3 N–H and O–H groups in total. The Hall–Kier alpha value is -1.47. The van der Waals surface area contributed by atoms with E-state index in [0.29, 0.717) is 0 Å². The summed E-state index contributed by atoms with van der Waals surface area (Å²) < 4.78 is 44.7. The number of benzene rings is 1. The van der Waals surface area contributed by atoms with Gasteiger partial charge in [-0.15, -0.1) is 12.4 Å². The molecule has 0 aliphatic carbocycles. The van der Waals surface area contributed by atoms with E-state index in [9.17, 15) is 18.0 Å². The summed E-state index contributed by atoms with van der Waals surface area (Å²) in [5.74, 6) is -0.677. The van der Waals surface area contributed by atoms with Gasteiger partial charge in [0.05, 0.1) is 11.7 Å². The molecule has 0 saturated carbocycles. The maximum absolute atomic E-state index is 13.1. The zero-order chi connectivity index (χ0) is 16.9. The summed E-state index contributed by atoms with van der Waals surface area (Å²) >= 11 is 0. The van der Waals surface area contributed by atoms with Crippen molar-refractivity contribution in [2.75, 3.05) is 6.54 Å². The highest BCUT2D eigenvalue weighted by molar-refractivity contribution is 5.85. The van der Waals surface area contributed by atoms with Gasteiger partial charge in [0.1, 0.15) is 5.75 Å². The van der Waals surface area contributed by atoms with Crippen LogP contribution in [0, 0.1) is 5.92 Å². The van der Waals surface area contributed by atoms with Crippen LogP contribution in [0.15, 0.2) is 18.2 Å². The van der Waals surface area contributed by atoms with Gasteiger partial charge in [-0.3, -0.25) is 4.79 Å². The Morgan fingerprint density at radius 3 is 2.39 bits per heavy atom. The molecule has 0 spiro atoms. The molecular formula is C15H22ClF3N2O2. The van der Waals surface area contributed by atoms with Gasteiger partial charge in [0, 0.05) is 19.0 Å². The number of hydrogen-bond donors (Lipinski definition) is 2. The van der Waals surface area contributed by atoms with E-state index in [1.54, 1.807) is 20.8 Å². The van der Waals surface area contributed by atoms with Crippen LogP contribution >= 0.6 is 12.4 Å². The van der Waals surface area contributed by atoms with Gasteiger partial charge in [0.2, 0.25) is 5.91 Å². The van der Waals surface area contributed by atoms with E-state index in [4.69, 9.17) is 10.5 Å². The molecule has 0 radical (unpaired) electrons. The first-order valence-electron chi connectivity index (χ1n) is 6.99. The third kappa shape index (κ3) is 6.66. The Labute approximate surface area is 140 Å². The van der Waals surface area contributed by atoms with Gasteiger partial charge in [-0.05, 0) is 31.5 Å². The van der Waals surface area contributed by atoms with Crippen LogP contribution in [-0.2, 0) is 17.5 Å². The fraction of sp³-hybridized carbons (Fsp3) is 0.533. The smallest absolute Gasteiger partial charge is 0.416 e. The van der Waals surface area contributed by atoms with Crippen LogP contribution in [0.5, 0.6) is 5.75 Å². The van der Waals surface area contributed by atoms with E-state index in [2.05, 4.69) is 5.32 Å². The van der Waals surface area contributed by atoms with Crippen molar-refractivity contribution in [3.05, 3.63) is 29.3 Å². The lowest BCUT2D eigenvalue weighted by Gasteiger charge is -2.17. The molecule has 0 aromatic heterocycles. The van der Waals surface area contributed by atoms with Crippen LogP contribution in [0.2, 0.25) is 0 Å². The van der Waals surface area contributed by atoms with Crippen LogP contribution in [0.25, 0.3) is 0 Å². The predicted molar refractivity (Wildman–Crippen MR) is 84.5 cm³/mol. The molecule has 0 aliphatic heterocycles. The van der Waals surface area contributed by atoms with E-state index in [1.807, 2.05) is 0 Å². The molecule has 0 heterocycles. The number of alkyl halides is 3. The minimum atomic E-state index is -4.52. The van der Waals surface area contributed by atoms with Crippen molar-refractivity contribution in [1.29, 1.82) is 0 Å². The third-order valence-electron chi connectivity index (χ3n) is 3.01. The van der Waals surface area contributed by atoms with Crippen LogP contribution in [-0.4, -0.2) is 18.6 Å². The largest absolute Gasteiger partial charge is 0.491 e. The second kappa shape index (κ2) is 8.98. The van der Waals surface area contributed by atoms with Gasteiger partial charge in [-0.1, -0.05) is 13.0 Å². The first-order chi connectivity index (χ1) is 10.1. The fourth-order valence-electron chi connectivity index (χ4n) is 1.78. The second-order valence-corrected chi connectivity index (χ2v) is 5.34. The summed E-state index contributed by atoms with van der Waals surface area (Å²) in [6.07, 6.45) is -4.74. The molecule has 4 nitrogen and oxygen atoms in total. The molecule has 1 aromatic rings. The molecule has 0 aliphatic rings. The Balaban J connectivity index is 0.00000484. The van der Waals surface area contributed by atoms with E-state index in [0.717, 1.165) is 6.07 Å². The molecule has 132 valence electrons. The molecule has 1 rings (SSSR count). The number of carbonyl (C=O) groups is 1. The Morgan fingerprint density at radius 2 is 1.91 bits per heavy atom. The molecule has 1 atom stereocenters. The lowest BCUT2D eigenvalue weighted by atomic mass is 10.1. The normalized spacial score (nSPS) is 12.5. The maximum atomic E-state index is 13.1. The molecular weight excluding hydrogens is 333 g/mol. The van der Waals surface area contributed by atoms with E-state index < -0.39 is 17.7 Å². The number of amides is 1. The average Bonchev–Trinajstić information content (AvgIpc) is 2.42. The van der Waals surface area contributed by atoms with Gasteiger partial charge in [0.25, 0.3) is 0 Å². The van der Waals surface area contributed by atoms with Crippen molar-refractivity contribution >= 4 is 18.3 Å². The van der Waals surface area contributed by atoms with Crippen molar-refractivity contribution < 1.29 is 22.7 Å². The zero-order valence-electron chi connectivity index (χ0n) is 13.2. The second-order valence-electron chi connectivity index (χ2n) is 5.34. The number of hydrogen-bond acceptors (Lipinski definition) is 3. The quantitative estimate of drug-likeness (QED) is 0.825. The minimum Gasteiger partial charge on any atom is -0.491 e. The van der Waals surface area contributed by atoms with Crippen molar-refractivity contribution in [1.82, 2.24) is 5.32 Å². The number of nitrogens with one attached hydrogen (secondary N) is 1. The van der Waals surface area contributed by atoms with Gasteiger partial charge < -0.3 is 15.8 Å². The van der Waals surface area contributed by atoms with Gasteiger partial charge >= 0.3 is 6.18 Å². The van der Waals surface area contributed by atoms with Crippen molar-refractivity contribution in [3.8, 4) is 5.75 Å². The molecule has 0 fully saturated rings. The summed E-state index contributed by atoms with van der Waals surface area (Å²) in [6.45, 7) is 5.00. The van der Waals surface area contributed by atoms with E-state index >= 15 is 0 Å².